The maximum atomic E-state index is 13.4. The molecule has 2 aliphatic rings. The number of anilines is 1. The summed E-state index contributed by atoms with van der Waals surface area (Å²) in [6.07, 6.45) is 4.47. The number of nitrogens with one attached hydrogen (secondary N) is 1. The Morgan fingerprint density at radius 2 is 2.23 bits per heavy atom. The number of aromatic nitrogens is 2. The van der Waals surface area contributed by atoms with Crippen molar-refractivity contribution < 1.29 is 18.8 Å². The Balaban J connectivity index is 1.45. The van der Waals surface area contributed by atoms with Gasteiger partial charge < -0.3 is 10.1 Å². The topological polar surface area (TPSA) is 116 Å². The van der Waals surface area contributed by atoms with Gasteiger partial charge in [-0.3, -0.25) is 19.5 Å². The van der Waals surface area contributed by atoms with Gasteiger partial charge in [0, 0.05) is 29.6 Å². The van der Waals surface area contributed by atoms with Gasteiger partial charge in [-0.25, -0.2) is 4.79 Å². The second-order valence-electron chi connectivity index (χ2n) is 7.48. The van der Waals surface area contributed by atoms with Gasteiger partial charge in [0.15, 0.2) is 0 Å². The van der Waals surface area contributed by atoms with E-state index in [0.717, 1.165) is 73.9 Å². The fourth-order valence-corrected chi connectivity index (χ4v) is 4.82. The predicted octanol–water partition coefficient (Wildman–Crippen LogP) is 2.69. The molecule has 1 amide bonds. The Hall–Kier alpha value is -2.79. The Bertz CT molecular complexity index is 1080. The third-order valence-electron chi connectivity index (χ3n) is 5.38. The number of hydrogen-bond donors (Lipinski definition) is 1. The van der Waals surface area contributed by atoms with Crippen LogP contribution in [0.4, 0.5) is 15.8 Å². The summed E-state index contributed by atoms with van der Waals surface area (Å²) in [4.78, 5) is 39.2. The zero-order chi connectivity index (χ0) is 22.0. The zero-order valence-electron chi connectivity index (χ0n) is 16.6. The highest BCUT2D eigenvalue weighted by Crippen LogP contribution is 2.30. The predicted molar refractivity (Wildman–Crippen MR) is 112 cm³/mol. The van der Waals surface area contributed by atoms with E-state index in [9.17, 15) is 24.1 Å². The van der Waals surface area contributed by atoms with Crippen LogP contribution in [0, 0.1) is 15.9 Å². The van der Waals surface area contributed by atoms with Gasteiger partial charge in [0.2, 0.25) is 11.7 Å². The number of amides is 1. The quantitative estimate of drug-likeness (QED) is 0.300. The molecule has 1 N–H and O–H groups in total. The van der Waals surface area contributed by atoms with Gasteiger partial charge in [-0.15, -0.1) is 0 Å². The summed E-state index contributed by atoms with van der Waals surface area (Å²) in [5, 5.41) is 13.9. The van der Waals surface area contributed by atoms with E-state index in [1.54, 1.807) is 4.57 Å². The number of hydrogen-bond acceptors (Lipinski definition) is 7. The first kappa shape index (κ1) is 21.4. The van der Waals surface area contributed by atoms with Crippen molar-refractivity contribution >= 4 is 29.0 Å². The molecule has 9 nitrogen and oxygen atoms in total. The lowest BCUT2D eigenvalue weighted by Gasteiger charge is -2.17. The Kier molecular flexibility index (Phi) is 6.33. The van der Waals surface area contributed by atoms with Gasteiger partial charge in [-0.2, -0.15) is 9.37 Å². The van der Waals surface area contributed by atoms with E-state index in [2.05, 4.69) is 10.3 Å². The first-order chi connectivity index (χ1) is 14.9. The first-order valence-corrected chi connectivity index (χ1v) is 11.0. The van der Waals surface area contributed by atoms with Crippen LogP contribution in [0.15, 0.2) is 28.0 Å². The van der Waals surface area contributed by atoms with Crippen LogP contribution >= 0.6 is 11.8 Å². The second-order valence-corrected chi connectivity index (χ2v) is 8.45. The minimum absolute atomic E-state index is 0.0280. The van der Waals surface area contributed by atoms with Gasteiger partial charge in [0.1, 0.15) is 5.03 Å². The largest absolute Gasteiger partial charge is 0.376 e. The van der Waals surface area contributed by atoms with Crippen LogP contribution in [0.3, 0.4) is 0 Å². The van der Waals surface area contributed by atoms with Crippen LogP contribution in [-0.4, -0.2) is 38.8 Å². The van der Waals surface area contributed by atoms with Crippen LogP contribution < -0.4 is 11.0 Å². The molecule has 4 rings (SSSR count). The fourth-order valence-electron chi connectivity index (χ4n) is 3.95. The van der Waals surface area contributed by atoms with Crippen LogP contribution in [0.1, 0.15) is 30.5 Å². The number of halogens is 1. The molecule has 0 unspecified atom stereocenters. The summed E-state index contributed by atoms with van der Waals surface area (Å²) in [5.74, 6) is -1.43. The minimum Gasteiger partial charge on any atom is -0.376 e. The summed E-state index contributed by atoms with van der Waals surface area (Å²) in [6, 6.07) is 3.16. The van der Waals surface area contributed by atoms with E-state index in [1.807, 2.05) is 0 Å². The molecule has 1 aliphatic heterocycles. The lowest BCUT2D eigenvalue weighted by molar-refractivity contribution is -0.387. The summed E-state index contributed by atoms with van der Waals surface area (Å²) >= 11 is 1.16. The van der Waals surface area contributed by atoms with Crippen molar-refractivity contribution in [3.05, 3.63) is 55.9 Å². The molecule has 0 saturated carbocycles. The van der Waals surface area contributed by atoms with Crippen molar-refractivity contribution in [2.45, 2.75) is 49.8 Å². The number of carbonyl (C=O) groups excluding carboxylic acids is 1. The normalized spacial score (nSPS) is 17.5. The van der Waals surface area contributed by atoms with Crippen LogP contribution in [0.2, 0.25) is 0 Å². The molecule has 11 heteroatoms. The average Bonchev–Trinajstić information content (AvgIpc) is 3.42. The molecule has 1 aliphatic carbocycles. The second kappa shape index (κ2) is 9.15. The van der Waals surface area contributed by atoms with Gasteiger partial charge in [-0.1, -0.05) is 11.8 Å². The molecular weight excluding hydrogens is 427 g/mol. The van der Waals surface area contributed by atoms with Crippen LogP contribution in [0.25, 0.3) is 0 Å². The van der Waals surface area contributed by atoms with Crippen molar-refractivity contribution in [1.82, 2.24) is 9.55 Å². The van der Waals surface area contributed by atoms with Gasteiger partial charge in [-0.05, 0) is 44.2 Å². The minimum atomic E-state index is -0.972. The SMILES string of the molecule is O=C(CSc1nc(=O)n(C[C@@H]2CCCO2)c2c1CCC2)Nc1ccc(F)c([N+](=O)[O-])c1. The number of rotatable bonds is 7. The van der Waals surface area contributed by atoms with E-state index >= 15 is 0 Å². The van der Waals surface area contributed by atoms with E-state index in [0.29, 0.717) is 11.6 Å². The zero-order valence-corrected chi connectivity index (χ0v) is 17.5. The third-order valence-corrected chi connectivity index (χ3v) is 6.40. The van der Waals surface area contributed by atoms with Crippen molar-refractivity contribution in [3.63, 3.8) is 0 Å². The number of nitro benzene ring substituents is 1. The summed E-state index contributed by atoms with van der Waals surface area (Å²) in [5.41, 5.74) is 1.04. The summed E-state index contributed by atoms with van der Waals surface area (Å²) in [7, 11) is 0. The third kappa shape index (κ3) is 4.77. The van der Waals surface area contributed by atoms with Crippen LogP contribution in [-0.2, 0) is 28.9 Å². The number of fused-ring (bicyclic) bond motifs is 1. The Morgan fingerprint density at radius 1 is 1.39 bits per heavy atom. The molecule has 0 radical (unpaired) electrons. The number of nitro groups is 1. The Morgan fingerprint density at radius 3 is 2.97 bits per heavy atom. The van der Waals surface area contributed by atoms with E-state index in [1.165, 1.54) is 6.07 Å². The van der Waals surface area contributed by atoms with Gasteiger partial charge in [0.05, 0.1) is 23.3 Å². The molecule has 31 heavy (non-hydrogen) atoms. The van der Waals surface area contributed by atoms with Crippen molar-refractivity contribution in [2.24, 2.45) is 0 Å². The molecule has 1 atom stereocenters. The lowest BCUT2D eigenvalue weighted by atomic mass is 10.2. The van der Waals surface area contributed by atoms with Crippen LogP contribution in [0.5, 0.6) is 0 Å². The maximum absolute atomic E-state index is 13.4. The molecule has 1 aromatic carbocycles. The van der Waals surface area contributed by atoms with Crippen molar-refractivity contribution in [2.75, 3.05) is 17.7 Å². The molecule has 0 spiro atoms. The Labute approximate surface area is 181 Å². The van der Waals surface area contributed by atoms with E-state index in [-0.39, 0.29) is 23.2 Å². The molecule has 0 bridgehead atoms. The smallest absolute Gasteiger partial charge is 0.348 e. The standard InChI is InChI=1S/C20H21FN4O5S/c21-15-7-6-12(9-17(15)25(28)29)22-18(26)11-31-19-14-4-1-5-16(14)24(20(27)23-19)10-13-3-2-8-30-13/h6-7,9,13H,1-5,8,10-11H2,(H,22,26)/t13-/m0/s1. The molecular formula is C20H21FN4O5S. The van der Waals surface area contributed by atoms with Crippen molar-refractivity contribution in [3.8, 4) is 0 Å². The molecule has 1 aromatic heterocycles. The number of nitrogens with zero attached hydrogens (tertiary/aromatic N) is 3. The monoisotopic (exact) mass is 448 g/mol. The van der Waals surface area contributed by atoms with E-state index in [4.69, 9.17) is 4.74 Å². The molecule has 1 fully saturated rings. The maximum Gasteiger partial charge on any atom is 0.348 e. The number of benzene rings is 1. The highest BCUT2D eigenvalue weighted by Gasteiger charge is 2.25. The molecule has 2 heterocycles. The highest BCUT2D eigenvalue weighted by molar-refractivity contribution is 8.00. The fraction of sp³-hybridized carbons (Fsp3) is 0.450. The number of carbonyl (C=O) groups is 1. The first-order valence-electron chi connectivity index (χ1n) is 10.0. The van der Waals surface area contributed by atoms with Gasteiger partial charge in [0.25, 0.3) is 0 Å². The highest BCUT2D eigenvalue weighted by atomic mass is 32.2. The summed E-state index contributed by atoms with van der Waals surface area (Å²) < 4.78 is 20.8. The number of thioether (sulfide) groups is 1. The van der Waals surface area contributed by atoms with E-state index < -0.39 is 22.3 Å². The molecule has 1 saturated heterocycles. The summed E-state index contributed by atoms with van der Waals surface area (Å²) in [6.45, 7) is 1.22. The van der Waals surface area contributed by atoms with Crippen molar-refractivity contribution in [1.29, 1.82) is 0 Å². The number of ether oxygens (including phenoxy) is 1. The molecule has 164 valence electrons. The average molecular weight is 448 g/mol. The lowest BCUT2D eigenvalue weighted by Crippen LogP contribution is -2.31. The molecule has 2 aromatic rings. The van der Waals surface area contributed by atoms with Gasteiger partial charge >= 0.3 is 11.4 Å².